The lowest BCUT2D eigenvalue weighted by Gasteiger charge is -2.38. The molecule has 0 radical (unpaired) electrons. The average molecular weight is 509 g/mol. The molecule has 1 saturated heterocycles. The van der Waals surface area contributed by atoms with E-state index in [0.29, 0.717) is 17.9 Å². The summed E-state index contributed by atoms with van der Waals surface area (Å²) in [5, 5.41) is 11.0. The van der Waals surface area contributed by atoms with E-state index in [-0.39, 0.29) is 6.08 Å². The first kappa shape index (κ1) is 21.9. The summed E-state index contributed by atoms with van der Waals surface area (Å²) in [5.41, 5.74) is 1.70. The van der Waals surface area contributed by atoms with Gasteiger partial charge < -0.3 is 19.0 Å². The van der Waals surface area contributed by atoms with E-state index in [0.717, 1.165) is 53.8 Å². The molecule has 1 aliphatic heterocycles. The first-order valence-electron chi connectivity index (χ1n) is 11.0. The van der Waals surface area contributed by atoms with Crippen LogP contribution in [0.2, 0.25) is 0 Å². The van der Waals surface area contributed by atoms with Crippen molar-refractivity contribution in [3.05, 3.63) is 82.8 Å². The molecule has 6 nitrogen and oxygen atoms in total. The van der Waals surface area contributed by atoms with Gasteiger partial charge in [0.25, 0.3) is 0 Å². The van der Waals surface area contributed by atoms with E-state index in [4.69, 9.17) is 13.9 Å². The second-order valence-electron chi connectivity index (χ2n) is 8.25. The summed E-state index contributed by atoms with van der Waals surface area (Å²) in [6.45, 7) is 3.08. The summed E-state index contributed by atoms with van der Waals surface area (Å²) in [4.78, 5) is 6.65. The van der Waals surface area contributed by atoms with Crippen LogP contribution in [0.15, 0.2) is 81.7 Å². The number of oxazole rings is 1. The lowest BCUT2D eigenvalue weighted by atomic mass is 9.84. The molecule has 0 bridgehead atoms. The molecule has 7 heteroatoms. The van der Waals surface area contributed by atoms with Gasteiger partial charge in [-0.25, -0.2) is 0 Å². The zero-order chi connectivity index (χ0) is 22.7. The van der Waals surface area contributed by atoms with Gasteiger partial charge in [-0.3, -0.25) is 4.90 Å². The first-order valence-corrected chi connectivity index (χ1v) is 11.8. The largest absolute Gasteiger partial charge is 0.492 e. The number of benzene rings is 3. The average Bonchev–Trinajstić information content (AvgIpc) is 3.24. The van der Waals surface area contributed by atoms with Gasteiger partial charge in [-0.05, 0) is 66.9 Å². The van der Waals surface area contributed by atoms with Gasteiger partial charge in [-0.1, -0.05) is 40.2 Å². The highest BCUT2D eigenvalue weighted by molar-refractivity contribution is 9.10. The maximum absolute atomic E-state index is 11.0. The van der Waals surface area contributed by atoms with Gasteiger partial charge in [0.05, 0.1) is 5.60 Å². The third-order valence-corrected chi connectivity index (χ3v) is 6.57. The highest BCUT2D eigenvalue weighted by Crippen LogP contribution is 2.33. The molecule has 1 aromatic heterocycles. The van der Waals surface area contributed by atoms with Gasteiger partial charge in [0.15, 0.2) is 5.58 Å². The zero-order valence-electron chi connectivity index (χ0n) is 18.1. The van der Waals surface area contributed by atoms with Gasteiger partial charge in [0, 0.05) is 24.1 Å². The Balaban J connectivity index is 1.08. The molecule has 1 fully saturated rings. The van der Waals surface area contributed by atoms with Crippen molar-refractivity contribution in [1.82, 2.24) is 9.88 Å². The Hall–Kier alpha value is -2.87. The highest BCUT2D eigenvalue weighted by Gasteiger charge is 2.33. The van der Waals surface area contributed by atoms with Gasteiger partial charge in [-0.15, -0.1) is 0 Å². The van der Waals surface area contributed by atoms with Crippen LogP contribution in [-0.4, -0.2) is 41.2 Å². The second-order valence-corrected chi connectivity index (χ2v) is 9.17. The lowest BCUT2D eigenvalue weighted by molar-refractivity contribution is -0.0278. The van der Waals surface area contributed by atoms with Crippen molar-refractivity contribution in [3.8, 4) is 17.6 Å². The molecule has 170 valence electrons. The molecule has 0 saturated carbocycles. The molecule has 0 aliphatic carbocycles. The maximum atomic E-state index is 11.0. The van der Waals surface area contributed by atoms with Crippen LogP contribution in [-0.2, 0) is 5.60 Å². The minimum absolute atomic E-state index is 0.220. The number of aromatic nitrogens is 1. The number of halogens is 1. The summed E-state index contributed by atoms with van der Waals surface area (Å²) in [6, 6.07) is 22.9. The smallest absolute Gasteiger partial charge is 0.400 e. The molecule has 4 aromatic rings. The first-order chi connectivity index (χ1) is 16.1. The van der Waals surface area contributed by atoms with Crippen molar-refractivity contribution in [2.75, 3.05) is 26.2 Å². The third-order valence-electron chi connectivity index (χ3n) is 6.04. The van der Waals surface area contributed by atoms with Crippen LogP contribution in [0.4, 0.5) is 0 Å². The van der Waals surface area contributed by atoms with Gasteiger partial charge in [0.1, 0.15) is 23.6 Å². The number of hydrogen-bond acceptors (Lipinski definition) is 6. The molecular formula is C26H25BrN2O4. The Labute approximate surface area is 200 Å². The van der Waals surface area contributed by atoms with E-state index in [1.165, 1.54) is 0 Å². The number of nitrogens with zero attached hydrogens (tertiary/aromatic N) is 2. The maximum Gasteiger partial charge on any atom is 0.400 e. The van der Waals surface area contributed by atoms with E-state index >= 15 is 0 Å². The number of hydrogen-bond donors (Lipinski definition) is 1. The summed E-state index contributed by atoms with van der Waals surface area (Å²) in [7, 11) is 0. The summed E-state index contributed by atoms with van der Waals surface area (Å²) >= 11 is 3.45. The molecule has 1 N–H and O–H groups in total. The number of para-hydroxylation sites is 2. The summed E-state index contributed by atoms with van der Waals surface area (Å²) in [6.07, 6.45) is 1.66. The van der Waals surface area contributed by atoms with Crippen molar-refractivity contribution >= 4 is 27.0 Å². The molecule has 5 rings (SSSR count). The predicted molar refractivity (Wildman–Crippen MR) is 130 cm³/mol. The fourth-order valence-corrected chi connectivity index (χ4v) is 4.35. The number of likely N-dealkylation sites (tertiary alicyclic amines) is 1. The fourth-order valence-electron chi connectivity index (χ4n) is 4.09. The highest BCUT2D eigenvalue weighted by atomic mass is 79.9. The predicted octanol–water partition coefficient (Wildman–Crippen LogP) is 5.75. The van der Waals surface area contributed by atoms with Gasteiger partial charge in [0.2, 0.25) is 0 Å². The standard InChI is InChI=1S/C26H25BrN2O4/c27-20-7-5-19(6-8-20)26(30)13-15-29(16-14-26)17-18-31-21-9-11-22(12-10-21)32-25-28-23-3-1-2-4-24(23)33-25/h1-12,30H,13-18H2. The van der Waals surface area contributed by atoms with E-state index in [2.05, 4.69) is 25.8 Å². The van der Waals surface area contributed by atoms with Gasteiger partial charge >= 0.3 is 6.08 Å². The summed E-state index contributed by atoms with van der Waals surface area (Å²) < 4.78 is 18.2. The number of aliphatic hydroxyl groups is 1. The van der Waals surface area contributed by atoms with Crippen LogP contribution in [0.1, 0.15) is 18.4 Å². The van der Waals surface area contributed by atoms with Crippen LogP contribution < -0.4 is 9.47 Å². The molecule has 2 heterocycles. The van der Waals surface area contributed by atoms with Crippen molar-refractivity contribution in [3.63, 3.8) is 0 Å². The third kappa shape index (κ3) is 5.21. The van der Waals surface area contributed by atoms with E-state index in [1.807, 2.05) is 72.8 Å². The Morgan fingerprint density at radius 2 is 1.64 bits per heavy atom. The Morgan fingerprint density at radius 3 is 2.36 bits per heavy atom. The van der Waals surface area contributed by atoms with E-state index in [9.17, 15) is 5.11 Å². The molecule has 3 aromatic carbocycles. The van der Waals surface area contributed by atoms with Crippen molar-refractivity contribution in [2.24, 2.45) is 0 Å². The number of ether oxygens (including phenoxy) is 2. The molecule has 0 spiro atoms. The normalized spacial score (nSPS) is 16.1. The van der Waals surface area contributed by atoms with E-state index in [1.54, 1.807) is 0 Å². The second kappa shape index (κ2) is 9.55. The minimum Gasteiger partial charge on any atom is -0.492 e. The van der Waals surface area contributed by atoms with Crippen LogP contribution in [0, 0.1) is 0 Å². The molecule has 0 amide bonds. The van der Waals surface area contributed by atoms with Crippen molar-refractivity contribution in [1.29, 1.82) is 0 Å². The molecule has 0 unspecified atom stereocenters. The molecule has 0 atom stereocenters. The minimum atomic E-state index is -0.747. The quantitative estimate of drug-likeness (QED) is 0.343. The number of rotatable bonds is 7. The topological polar surface area (TPSA) is 68.0 Å². The Morgan fingerprint density at radius 1 is 0.939 bits per heavy atom. The number of piperidine rings is 1. The Bertz CT molecular complexity index is 1170. The van der Waals surface area contributed by atoms with Crippen molar-refractivity contribution in [2.45, 2.75) is 18.4 Å². The van der Waals surface area contributed by atoms with Crippen LogP contribution in [0.25, 0.3) is 11.1 Å². The molecular weight excluding hydrogens is 484 g/mol. The molecule has 33 heavy (non-hydrogen) atoms. The SMILES string of the molecule is OC1(c2ccc(Br)cc2)CCN(CCOc2ccc(Oc3nc4ccccc4o3)cc2)CC1. The van der Waals surface area contributed by atoms with Crippen LogP contribution in [0.3, 0.4) is 0 Å². The zero-order valence-corrected chi connectivity index (χ0v) is 19.7. The summed E-state index contributed by atoms with van der Waals surface area (Å²) in [5.74, 6) is 1.42. The van der Waals surface area contributed by atoms with E-state index < -0.39 is 5.60 Å². The number of fused-ring (bicyclic) bond motifs is 1. The Kier molecular flexibility index (Phi) is 6.35. The fraction of sp³-hybridized carbons (Fsp3) is 0.269. The van der Waals surface area contributed by atoms with Crippen molar-refractivity contribution < 1.29 is 19.0 Å². The molecule has 1 aliphatic rings. The van der Waals surface area contributed by atoms with Crippen LogP contribution in [0.5, 0.6) is 17.6 Å². The van der Waals surface area contributed by atoms with Gasteiger partial charge in [-0.2, -0.15) is 4.98 Å². The lowest BCUT2D eigenvalue weighted by Crippen LogP contribution is -2.43. The van der Waals surface area contributed by atoms with Crippen LogP contribution >= 0.6 is 15.9 Å². The monoisotopic (exact) mass is 508 g/mol.